The van der Waals surface area contributed by atoms with Crippen molar-refractivity contribution < 1.29 is 9.90 Å². The molecule has 0 aliphatic carbocycles. The third kappa shape index (κ3) is 2.02. The van der Waals surface area contributed by atoms with Gasteiger partial charge in [0.05, 0.1) is 5.56 Å². The van der Waals surface area contributed by atoms with E-state index in [1.54, 1.807) is 30.5 Å². The Hall–Kier alpha value is -2.39. The Labute approximate surface area is 120 Å². The van der Waals surface area contributed by atoms with Gasteiger partial charge in [0, 0.05) is 16.6 Å². The number of benzene rings is 2. The van der Waals surface area contributed by atoms with Gasteiger partial charge in [0.2, 0.25) is 0 Å². The normalized spacial score (nSPS) is 10.7. The van der Waals surface area contributed by atoms with E-state index in [1.807, 2.05) is 18.2 Å². The van der Waals surface area contributed by atoms with E-state index in [9.17, 15) is 9.90 Å². The molecule has 0 aliphatic rings. The minimum absolute atomic E-state index is 0.0895. The number of rotatable bonds is 2. The number of pyridine rings is 1. The lowest BCUT2D eigenvalue weighted by molar-refractivity contribution is 0.112. The Morgan fingerprint density at radius 1 is 1.15 bits per heavy atom. The molecule has 4 heteroatoms. The van der Waals surface area contributed by atoms with E-state index >= 15 is 0 Å². The number of aromatic nitrogens is 1. The van der Waals surface area contributed by atoms with Crippen molar-refractivity contribution in [1.29, 1.82) is 0 Å². The van der Waals surface area contributed by atoms with Gasteiger partial charge in [-0.3, -0.25) is 9.78 Å². The van der Waals surface area contributed by atoms with Crippen LogP contribution in [0.3, 0.4) is 0 Å². The highest BCUT2D eigenvalue weighted by Crippen LogP contribution is 2.35. The van der Waals surface area contributed by atoms with E-state index in [0.29, 0.717) is 16.8 Å². The molecule has 0 spiro atoms. The molecule has 98 valence electrons. The molecule has 20 heavy (non-hydrogen) atoms. The number of hydrogen-bond acceptors (Lipinski definition) is 3. The second-order valence-electron chi connectivity index (χ2n) is 4.39. The van der Waals surface area contributed by atoms with Gasteiger partial charge in [0.1, 0.15) is 5.52 Å². The molecule has 3 nitrogen and oxygen atoms in total. The highest BCUT2D eigenvalue weighted by Gasteiger charge is 2.13. The largest absolute Gasteiger partial charge is 0.505 e. The highest BCUT2D eigenvalue weighted by molar-refractivity contribution is 6.30. The van der Waals surface area contributed by atoms with Gasteiger partial charge in [0.25, 0.3) is 0 Å². The average Bonchev–Trinajstić information content (AvgIpc) is 2.49. The second-order valence-corrected chi connectivity index (χ2v) is 4.82. The summed E-state index contributed by atoms with van der Waals surface area (Å²) in [6.45, 7) is 0. The van der Waals surface area contributed by atoms with E-state index in [2.05, 4.69) is 4.98 Å². The molecule has 0 saturated heterocycles. The summed E-state index contributed by atoms with van der Waals surface area (Å²) in [7, 11) is 0. The number of halogens is 1. The van der Waals surface area contributed by atoms with Crippen LogP contribution in [0, 0.1) is 0 Å². The summed E-state index contributed by atoms with van der Waals surface area (Å²) < 4.78 is 0. The lowest BCUT2D eigenvalue weighted by Crippen LogP contribution is -1.90. The zero-order valence-corrected chi connectivity index (χ0v) is 11.1. The van der Waals surface area contributed by atoms with Gasteiger partial charge in [-0.15, -0.1) is 0 Å². The van der Waals surface area contributed by atoms with Crippen LogP contribution >= 0.6 is 11.6 Å². The van der Waals surface area contributed by atoms with Crippen LogP contribution in [0.5, 0.6) is 5.75 Å². The van der Waals surface area contributed by atoms with E-state index < -0.39 is 0 Å². The predicted octanol–water partition coefficient (Wildman–Crippen LogP) is 4.07. The monoisotopic (exact) mass is 283 g/mol. The standard InChI is InChI=1S/C16H10ClNO2/c17-12-5-3-10(4-6-12)14-8-11(9-19)16(20)15-13(14)2-1-7-18-15/h1-9,20H. The van der Waals surface area contributed by atoms with E-state index in [4.69, 9.17) is 11.6 Å². The Morgan fingerprint density at radius 3 is 2.60 bits per heavy atom. The first-order valence-corrected chi connectivity index (χ1v) is 6.40. The molecule has 3 aromatic rings. The predicted molar refractivity (Wildman–Crippen MR) is 79.2 cm³/mol. The minimum Gasteiger partial charge on any atom is -0.505 e. The van der Waals surface area contributed by atoms with Crippen molar-refractivity contribution in [2.24, 2.45) is 0 Å². The maximum Gasteiger partial charge on any atom is 0.153 e. The number of hydrogen-bond donors (Lipinski definition) is 1. The molecule has 0 amide bonds. The summed E-state index contributed by atoms with van der Waals surface area (Å²) >= 11 is 5.89. The van der Waals surface area contributed by atoms with Crippen LogP contribution in [0.4, 0.5) is 0 Å². The summed E-state index contributed by atoms with van der Waals surface area (Å²) in [5, 5.41) is 11.5. The molecule has 1 N–H and O–H groups in total. The number of fused-ring (bicyclic) bond motifs is 1. The van der Waals surface area contributed by atoms with Gasteiger partial charge in [-0.2, -0.15) is 0 Å². The third-order valence-electron chi connectivity index (χ3n) is 3.18. The van der Waals surface area contributed by atoms with Gasteiger partial charge in [-0.05, 0) is 35.4 Å². The number of phenols is 1. The average molecular weight is 284 g/mol. The molecule has 0 saturated carbocycles. The third-order valence-corrected chi connectivity index (χ3v) is 3.43. The van der Waals surface area contributed by atoms with Gasteiger partial charge in [0.15, 0.2) is 12.0 Å². The Balaban J connectivity index is 2.37. The fourth-order valence-corrected chi connectivity index (χ4v) is 2.33. The van der Waals surface area contributed by atoms with Crippen molar-refractivity contribution >= 4 is 28.8 Å². The fraction of sp³-hybridized carbons (Fsp3) is 0. The molecular weight excluding hydrogens is 274 g/mol. The van der Waals surface area contributed by atoms with Crippen LogP contribution in [0.25, 0.3) is 22.0 Å². The summed E-state index contributed by atoms with van der Waals surface area (Å²) in [5.74, 6) is -0.0895. The van der Waals surface area contributed by atoms with Crippen LogP contribution in [0.15, 0.2) is 48.7 Å². The van der Waals surface area contributed by atoms with Crippen LogP contribution in [0.2, 0.25) is 5.02 Å². The van der Waals surface area contributed by atoms with Crippen molar-refractivity contribution in [2.45, 2.75) is 0 Å². The fourth-order valence-electron chi connectivity index (χ4n) is 2.21. The van der Waals surface area contributed by atoms with Crippen LogP contribution in [-0.4, -0.2) is 16.4 Å². The van der Waals surface area contributed by atoms with Crippen LogP contribution in [-0.2, 0) is 0 Å². The molecule has 1 heterocycles. The lowest BCUT2D eigenvalue weighted by Gasteiger charge is -2.10. The number of nitrogens with zero attached hydrogens (tertiary/aromatic N) is 1. The Bertz CT molecular complexity index is 797. The molecule has 1 aromatic heterocycles. The summed E-state index contributed by atoms with van der Waals surface area (Å²) in [6, 6.07) is 12.6. The van der Waals surface area contributed by atoms with Crippen molar-refractivity contribution in [3.8, 4) is 16.9 Å². The summed E-state index contributed by atoms with van der Waals surface area (Å²) in [6.07, 6.45) is 2.21. The van der Waals surface area contributed by atoms with Crippen molar-refractivity contribution in [3.63, 3.8) is 0 Å². The molecule has 0 fully saturated rings. The van der Waals surface area contributed by atoms with Crippen LogP contribution in [0.1, 0.15) is 10.4 Å². The number of aldehydes is 1. The van der Waals surface area contributed by atoms with E-state index in [0.717, 1.165) is 16.5 Å². The maximum atomic E-state index is 11.1. The van der Waals surface area contributed by atoms with Gasteiger partial charge < -0.3 is 5.11 Å². The van der Waals surface area contributed by atoms with Gasteiger partial charge in [-0.25, -0.2) is 0 Å². The zero-order valence-electron chi connectivity index (χ0n) is 10.4. The van der Waals surface area contributed by atoms with Crippen molar-refractivity contribution in [3.05, 3.63) is 59.2 Å². The molecule has 0 aliphatic heterocycles. The van der Waals surface area contributed by atoms with Crippen molar-refractivity contribution in [1.82, 2.24) is 4.98 Å². The van der Waals surface area contributed by atoms with E-state index in [1.165, 1.54) is 0 Å². The molecule has 0 bridgehead atoms. The first kappa shape index (κ1) is 12.6. The van der Waals surface area contributed by atoms with Crippen molar-refractivity contribution in [2.75, 3.05) is 0 Å². The molecular formula is C16H10ClNO2. The second kappa shape index (κ2) is 4.94. The van der Waals surface area contributed by atoms with Crippen LogP contribution < -0.4 is 0 Å². The summed E-state index contributed by atoms with van der Waals surface area (Å²) in [4.78, 5) is 15.3. The first-order valence-electron chi connectivity index (χ1n) is 6.02. The maximum absolute atomic E-state index is 11.1. The Kier molecular flexibility index (Phi) is 3.12. The lowest BCUT2D eigenvalue weighted by atomic mass is 9.97. The number of carbonyl (C=O) groups excluding carboxylic acids is 1. The van der Waals surface area contributed by atoms with Gasteiger partial charge in [-0.1, -0.05) is 29.8 Å². The smallest absolute Gasteiger partial charge is 0.153 e. The minimum atomic E-state index is -0.0895. The molecule has 0 radical (unpaired) electrons. The zero-order chi connectivity index (χ0) is 14.1. The van der Waals surface area contributed by atoms with E-state index in [-0.39, 0.29) is 11.3 Å². The first-order chi connectivity index (χ1) is 9.70. The van der Waals surface area contributed by atoms with Gasteiger partial charge >= 0.3 is 0 Å². The number of aromatic hydroxyl groups is 1. The molecule has 0 atom stereocenters. The highest BCUT2D eigenvalue weighted by atomic mass is 35.5. The number of phenolic OH excluding ortho intramolecular Hbond substituents is 1. The number of carbonyl (C=O) groups is 1. The molecule has 2 aromatic carbocycles. The summed E-state index contributed by atoms with van der Waals surface area (Å²) in [5.41, 5.74) is 2.39. The topological polar surface area (TPSA) is 50.2 Å². The SMILES string of the molecule is O=Cc1cc(-c2ccc(Cl)cc2)c2cccnc2c1O. The molecule has 0 unspecified atom stereocenters. The quantitative estimate of drug-likeness (QED) is 0.721. The Morgan fingerprint density at radius 2 is 1.90 bits per heavy atom. The molecule has 3 rings (SSSR count).